The molecule has 8 heteroatoms. The van der Waals surface area contributed by atoms with Crippen LogP contribution in [0.1, 0.15) is 27.6 Å². The van der Waals surface area contributed by atoms with Gasteiger partial charge in [-0.1, -0.05) is 27.5 Å². The molecule has 1 amide bonds. The fraction of sp³-hybridized carbons (Fsp3) is 0.263. The molecule has 0 aliphatic heterocycles. The summed E-state index contributed by atoms with van der Waals surface area (Å²) in [6.07, 6.45) is 1.77. The summed E-state index contributed by atoms with van der Waals surface area (Å²) in [7, 11) is 3.60. The summed E-state index contributed by atoms with van der Waals surface area (Å²) in [5, 5.41) is 4.69. The summed E-state index contributed by atoms with van der Waals surface area (Å²) in [4.78, 5) is 14.2. The molecule has 142 valence electrons. The van der Waals surface area contributed by atoms with Crippen LogP contribution in [0.4, 0.5) is 0 Å². The summed E-state index contributed by atoms with van der Waals surface area (Å²) in [5.74, 6) is 1.15. The molecule has 0 unspecified atom stereocenters. The van der Waals surface area contributed by atoms with Gasteiger partial charge in [-0.05, 0) is 37.3 Å². The van der Waals surface area contributed by atoms with Crippen molar-refractivity contribution in [1.82, 2.24) is 14.7 Å². The molecule has 0 N–H and O–H groups in total. The number of carbonyl (C=O) groups is 1. The smallest absolute Gasteiger partial charge is 0.289 e. The minimum atomic E-state index is -0.203. The van der Waals surface area contributed by atoms with Crippen LogP contribution < -0.4 is 4.74 Å². The summed E-state index contributed by atoms with van der Waals surface area (Å²) < 4.78 is 14.0. The lowest BCUT2D eigenvalue weighted by atomic mass is 10.2. The van der Waals surface area contributed by atoms with Crippen LogP contribution in [0.15, 0.2) is 45.4 Å². The molecule has 0 atom stereocenters. The van der Waals surface area contributed by atoms with Crippen molar-refractivity contribution >= 4 is 33.4 Å². The van der Waals surface area contributed by atoms with Crippen molar-refractivity contribution in [3.63, 3.8) is 0 Å². The minimum Gasteiger partial charge on any atom is -0.484 e. The van der Waals surface area contributed by atoms with Crippen LogP contribution >= 0.6 is 27.5 Å². The number of nitrogens with zero attached hydrogens (tertiary/aromatic N) is 3. The van der Waals surface area contributed by atoms with E-state index in [0.717, 1.165) is 15.7 Å². The van der Waals surface area contributed by atoms with E-state index < -0.39 is 0 Å². The van der Waals surface area contributed by atoms with E-state index in [9.17, 15) is 4.79 Å². The molecule has 1 aromatic carbocycles. The van der Waals surface area contributed by atoms with Gasteiger partial charge in [0.05, 0.1) is 11.2 Å². The Morgan fingerprint density at radius 2 is 2.15 bits per heavy atom. The highest BCUT2D eigenvalue weighted by atomic mass is 79.9. The van der Waals surface area contributed by atoms with Crippen LogP contribution in [0.25, 0.3) is 0 Å². The SMILES string of the molecule is Cc1c(CN(C)C(=O)c2ccc(COc3ccc(Br)cc3Cl)o2)cnn1C. The van der Waals surface area contributed by atoms with E-state index in [1.54, 1.807) is 47.1 Å². The maximum Gasteiger partial charge on any atom is 0.289 e. The maximum absolute atomic E-state index is 12.6. The van der Waals surface area contributed by atoms with Crippen LogP contribution in [0.5, 0.6) is 5.75 Å². The van der Waals surface area contributed by atoms with Gasteiger partial charge < -0.3 is 14.1 Å². The molecule has 0 saturated carbocycles. The van der Waals surface area contributed by atoms with E-state index in [4.69, 9.17) is 20.8 Å². The zero-order valence-corrected chi connectivity index (χ0v) is 17.5. The molecule has 2 aromatic heterocycles. The van der Waals surface area contributed by atoms with Crippen molar-refractivity contribution in [2.45, 2.75) is 20.1 Å². The Morgan fingerprint density at radius 3 is 2.81 bits per heavy atom. The van der Waals surface area contributed by atoms with Gasteiger partial charge in [0.15, 0.2) is 5.76 Å². The highest BCUT2D eigenvalue weighted by Crippen LogP contribution is 2.28. The van der Waals surface area contributed by atoms with Crippen molar-refractivity contribution in [2.24, 2.45) is 7.05 Å². The number of amides is 1. The first-order chi connectivity index (χ1) is 12.8. The van der Waals surface area contributed by atoms with Gasteiger partial charge in [0.25, 0.3) is 5.91 Å². The van der Waals surface area contributed by atoms with E-state index in [1.807, 2.05) is 20.0 Å². The number of aryl methyl sites for hydroxylation is 1. The highest BCUT2D eigenvalue weighted by molar-refractivity contribution is 9.10. The molecule has 2 heterocycles. The minimum absolute atomic E-state index is 0.181. The Kier molecular flexibility index (Phi) is 5.92. The second-order valence-corrected chi connectivity index (χ2v) is 7.49. The molecule has 3 rings (SSSR count). The molecule has 0 aliphatic carbocycles. The lowest BCUT2D eigenvalue weighted by molar-refractivity contribution is 0.0749. The molecule has 27 heavy (non-hydrogen) atoms. The monoisotopic (exact) mass is 451 g/mol. The Hall–Kier alpha value is -2.25. The van der Waals surface area contributed by atoms with Crippen molar-refractivity contribution in [3.8, 4) is 5.75 Å². The average molecular weight is 453 g/mol. The summed E-state index contributed by atoms with van der Waals surface area (Å²) in [6, 6.07) is 8.74. The van der Waals surface area contributed by atoms with Gasteiger partial charge in [-0.15, -0.1) is 0 Å². The standard InChI is InChI=1S/C19H19BrClN3O3/c1-12-13(9-22-24(12)3)10-23(2)19(25)18-7-5-15(27-18)11-26-17-6-4-14(20)8-16(17)21/h4-9H,10-11H2,1-3H3. The van der Waals surface area contributed by atoms with Gasteiger partial charge >= 0.3 is 0 Å². The van der Waals surface area contributed by atoms with Crippen LogP contribution in [-0.4, -0.2) is 27.6 Å². The lowest BCUT2D eigenvalue weighted by Gasteiger charge is -2.15. The number of ether oxygens (including phenoxy) is 1. The molecular weight excluding hydrogens is 434 g/mol. The number of aromatic nitrogens is 2. The van der Waals surface area contributed by atoms with Crippen LogP contribution in [0.3, 0.4) is 0 Å². The van der Waals surface area contributed by atoms with Gasteiger partial charge in [-0.2, -0.15) is 5.10 Å². The quantitative estimate of drug-likeness (QED) is 0.549. The number of benzene rings is 1. The number of furan rings is 1. The number of carbonyl (C=O) groups excluding carboxylic acids is 1. The number of hydrogen-bond donors (Lipinski definition) is 0. The first-order valence-electron chi connectivity index (χ1n) is 8.24. The van der Waals surface area contributed by atoms with Gasteiger partial charge in [0.2, 0.25) is 0 Å². The van der Waals surface area contributed by atoms with Gasteiger partial charge in [0, 0.05) is 36.4 Å². The maximum atomic E-state index is 12.6. The van der Waals surface area contributed by atoms with E-state index >= 15 is 0 Å². The molecule has 0 spiro atoms. The zero-order chi connectivity index (χ0) is 19.6. The Morgan fingerprint density at radius 1 is 1.37 bits per heavy atom. The van der Waals surface area contributed by atoms with Gasteiger partial charge in [-0.3, -0.25) is 9.48 Å². The molecule has 0 bridgehead atoms. The van der Waals surface area contributed by atoms with E-state index in [0.29, 0.717) is 23.1 Å². The fourth-order valence-electron chi connectivity index (χ4n) is 2.53. The summed E-state index contributed by atoms with van der Waals surface area (Å²) in [6.45, 7) is 2.61. The summed E-state index contributed by atoms with van der Waals surface area (Å²) >= 11 is 9.48. The molecule has 0 radical (unpaired) electrons. The Balaban J connectivity index is 1.62. The third-order valence-electron chi connectivity index (χ3n) is 4.23. The molecule has 3 aromatic rings. The topological polar surface area (TPSA) is 60.5 Å². The van der Waals surface area contributed by atoms with Crippen LogP contribution in [0, 0.1) is 6.92 Å². The molecule has 0 aliphatic rings. The number of rotatable bonds is 6. The van der Waals surface area contributed by atoms with Gasteiger partial charge in [0.1, 0.15) is 18.1 Å². The third kappa shape index (κ3) is 4.54. The second-order valence-electron chi connectivity index (χ2n) is 6.17. The second kappa shape index (κ2) is 8.19. The van der Waals surface area contributed by atoms with Crippen LogP contribution in [0.2, 0.25) is 5.02 Å². The predicted octanol–water partition coefficient (Wildman–Crippen LogP) is 4.59. The van der Waals surface area contributed by atoms with E-state index in [1.165, 1.54) is 0 Å². The molecule has 0 fully saturated rings. The average Bonchev–Trinajstić information content (AvgIpc) is 3.22. The van der Waals surface area contributed by atoms with E-state index in [-0.39, 0.29) is 18.3 Å². The first-order valence-corrected chi connectivity index (χ1v) is 9.41. The van der Waals surface area contributed by atoms with Gasteiger partial charge in [-0.25, -0.2) is 0 Å². The molecule has 6 nitrogen and oxygen atoms in total. The normalized spacial score (nSPS) is 10.9. The Labute approximate surface area is 170 Å². The Bertz CT molecular complexity index is 967. The van der Waals surface area contributed by atoms with Crippen molar-refractivity contribution < 1.29 is 13.9 Å². The fourth-order valence-corrected chi connectivity index (χ4v) is 3.25. The number of halogens is 2. The van der Waals surface area contributed by atoms with E-state index in [2.05, 4.69) is 21.0 Å². The van der Waals surface area contributed by atoms with Crippen LogP contribution in [-0.2, 0) is 20.2 Å². The van der Waals surface area contributed by atoms with Crippen molar-refractivity contribution in [2.75, 3.05) is 7.05 Å². The van der Waals surface area contributed by atoms with Crippen molar-refractivity contribution in [1.29, 1.82) is 0 Å². The number of hydrogen-bond acceptors (Lipinski definition) is 4. The largest absolute Gasteiger partial charge is 0.484 e. The highest BCUT2D eigenvalue weighted by Gasteiger charge is 2.18. The third-order valence-corrected chi connectivity index (χ3v) is 5.02. The molecular formula is C19H19BrClN3O3. The van der Waals surface area contributed by atoms with Crippen molar-refractivity contribution in [3.05, 3.63) is 68.8 Å². The predicted molar refractivity (Wildman–Crippen MR) is 106 cm³/mol. The first kappa shape index (κ1) is 19.5. The molecule has 0 saturated heterocycles. The summed E-state index contributed by atoms with van der Waals surface area (Å²) in [5.41, 5.74) is 2.02. The zero-order valence-electron chi connectivity index (χ0n) is 15.2. The lowest BCUT2D eigenvalue weighted by Crippen LogP contribution is -2.26.